The lowest BCUT2D eigenvalue weighted by atomic mass is 10.2. The van der Waals surface area contributed by atoms with Crippen LogP contribution in [0.25, 0.3) is 0 Å². The molecule has 0 saturated carbocycles. The van der Waals surface area contributed by atoms with Gasteiger partial charge >= 0.3 is 0 Å². The smallest absolute Gasteiger partial charge is 0.286 e. The van der Waals surface area contributed by atoms with Crippen LogP contribution in [0.3, 0.4) is 0 Å². The summed E-state index contributed by atoms with van der Waals surface area (Å²) in [5.74, 6) is 0. The summed E-state index contributed by atoms with van der Waals surface area (Å²) in [6.45, 7) is 1.74. The third kappa shape index (κ3) is 1.74. The van der Waals surface area contributed by atoms with Crippen LogP contribution in [0.1, 0.15) is 5.56 Å². The standard InChI is InChI=1S/C7H10O3SSi/c1-6-4-2-3-5-7(6)11(8,9)10-12/h2-5H,1,12H3. The number of benzene rings is 1. The Balaban J connectivity index is 3.30. The van der Waals surface area contributed by atoms with Crippen molar-refractivity contribution in [2.24, 2.45) is 0 Å². The van der Waals surface area contributed by atoms with Gasteiger partial charge < -0.3 is 3.87 Å². The first kappa shape index (κ1) is 9.44. The van der Waals surface area contributed by atoms with Gasteiger partial charge in [0.05, 0.1) is 4.90 Å². The van der Waals surface area contributed by atoms with E-state index >= 15 is 0 Å². The van der Waals surface area contributed by atoms with E-state index in [9.17, 15) is 8.42 Å². The average Bonchev–Trinajstić information content (AvgIpc) is 2.05. The van der Waals surface area contributed by atoms with E-state index in [1.54, 1.807) is 31.2 Å². The first-order valence-corrected chi connectivity index (χ1v) is 5.66. The molecule has 12 heavy (non-hydrogen) atoms. The quantitative estimate of drug-likeness (QED) is 0.633. The summed E-state index contributed by atoms with van der Waals surface area (Å²) < 4.78 is 27.0. The number of hydrogen-bond acceptors (Lipinski definition) is 3. The molecule has 0 amide bonds. The Morgan fingerprint density at radius 3 is 2.42 bits per heavy atom. The molecule has 0 fully saturated rings. The van der Waals surface area contributed by atoms with E-state index in [1.807, 2.05) is 0 Å². The molecule has 1 aromatic carbocycles. The maximum atomic E-state index is 11.2. The van der Waals surface area contributed by atoms with Gasteiger partial charge in [0.1, 0.15) is 0 Å². The maximum Gasteiger partial charge on any atom is 0.286 e. The molecule has 0 bridgehead atoms. The van der Waals surface area contributed by atoms with E-state index < -0.39 is 10.1 Å². The first-order chi connectivity index (χ1) is 5.58. The zero-order valence-corrected chi connectivity index (χ0v) is 9.76. The third-order valence-electron chi connectivity index (χ3n) is 1.58. The lowest BCUT2D eigenvalue weighted by Gasteiger charge is -2.03. The van der Waals surface area contributed by atoms with Crippen LogP contribution in [0.4, 0.5) is 0 Å². The van der Waals surface area contributed by atoms with Gasteiger partial charge in [0.15, 0.2) is 10.5 Å². The Morgan fingerprint density at radius 1 is 1.33 bits per heavy atom. The summed E-state index contributed by atoms with van der Waals surface area (Å²) in [5.41, 5.74) is 0.716. The van der Waals surface area contributed by atoms with E-state index in [1.165, 1.54) is 0 Å². The van der Waals surface area contributed by atoms with Gasteiger partial charge in [0.2, 0.25) is 0 Å². The van der Waals surface area contributed by atoms with Gasteiger partial charge in [0.25, 0.3) is 10.1 Å². The predicted molar refractivity (Wildman–Crippen MR) is 49.4 cm³/mol. The Labute approximate surface area is 75.0 Å². The Morgan fingerprint density at radius 2 is 1.92 bits per heavy atom. The molecular weight excluding hydrogens is 192 g/mol. The fourth-order valence-electron chi connectivity index (χ4n) is 0.927. The van der Waals surface area contributed by atoms with Crippen LogP contribution in [-0.2, 0) is 14.0 Å². The van der Waals surface area contributed by atoms with Crippen molar-refractivity contribution in [3.05, 3.63) is 29.8 Å². The van der Waals surface area contributed by atoms with E-state index in [0.29, 0.717) is 5.56 Å². The zero-order valence-electron chi connectivity index (χ0n) is 6.94. The minimum atomic E-state index is -3.47. The third-order valence-corrected chi connectivity index (χ3v) is 4.33. The van der Waals surface area contributed by atoms with Crippen molar-refractivity contribution in [2.45, 2.75) is 11.8 Å². The lowest BCUT2D eigenvalue weighted by molar-refractivity contribution is 0.507. The highest BCUT2D eigenvalue weighted by atomic mass is 32.2. The molecule has 5 heteroatoms. The van der Waals surface area contributed by atoms with E-state index in [-0.39, 0.29) is 15.4 Å². The molecule has 1 rings (SSSR count). The van der Waals surface area contributed by atoms with Crippen molar-refractivity contribution in [1.82, 2.24) is 0 Å². The summed E-state index contributed by atoms with van der Waals surface area (Å²) >= 11 is 0. The average molecular weight is 202 g/mol. The monoisotopic (exact) mass is 202 g/mol. The molecule has 0 N–H and O–H groups in total. The molecule has 0 spiro atoms. The Bertz CT molecular complexity index is 372. The number of hydrogen-bond donors (Lipinski definition) is 0. The first-order valence-electron chi connectivity index (χ1n) is 3.44. The molecule has 3 nitrogen and oxygen atoms in total. The fourth-order valence-corrected chi connectivity index (χ4v) is 2.35. The molecule has 0 radical (unpaired) electrons. The number of aryl methyl sites for hydroxylation is 1. The molecular formula is C7H10O3SSi. The van der Waals surface area contributed by atoms with Crippen LogP contribution in [0.15, 0.2) is 29.2 Å². The van der Waals surface area contributed by atoms with Crippen LogP contribution in [0.2, 0.25) is 0 Å². The number of rotatable bonds is 2. The van der Waals surface area contributed by atoms with E-state index in [0.717, 1.165) is 0 Å². The second-order valence-corrected chi connectivity index (χ2v) is 5.07. The second kappa shape index (κ2) is 3.38. The topological polar surface area (TPSA) is 43.4 Å². The summed E-state index contributed by atoms with van der Waals surface area (Å²) in [7, 11) is -3.28. The highest BCUT2D eigenvalue weighted by molar-refractivity contribution is 7.87. The van der Waals surface area contributed by atoms with Gasteiger partial charge in [-0.05, 0) is 18.6 Å². The fraction of sp³-hybridized carbons (Fsp3) is 0.143. The van der Waals surface area contributed by atoms with Crippen molar-refractivity contribution >= 4 is 20.6 Å². The molecule has 0 aliphatic rings. The molecule has 0 atom stereocenters. The molecule has 0 aliphatic heterocycles. The van der Waals surface area contributed by atoms with Crippen molar-refractivity contribution in [3.8, 4) is 0 Å². The predicted octanol–water partition coefficient (Wildman–Crippen LogP) is -0.0193. The van der Waals surface area contributed by atoms with Crippen LogP contribution in [0.5, 0.6) is 0 Å². The summed E-state index contributed by atoms with van der Waals surface area (Å²) in [6, 6.07) is 6.76. The van der Waals surface area contributed by atoms with Gasteiger partial charge in [-0.1, -0.05) is 18.2 Å². The van der Waals surface area contributed by atoms with Gasteiger partial charge in [-0.2, -0.15) is 8.42 Å². The van der Waals surface area contributed by atoms with Crippen molar-refractivity contribution in [3.63, 3.8) is 0 Å². The van der Waals surface area contributed by atoms with Crippen LogP contribution in [-0.4, -0.2) is 18.9 Å². The minimum absolute atomic E-state index is 0.192. The van der Waals surface area contributed by atoms with Crippen molar-refractivity contribution in [1.29, 1.82) is 0 Å². The van der Waals surface area contributed by atoms with E-state index in [2.05, 4.69) is 3.87 Å². The molecule has 66 valence electrons. The normalized spacial score (nSPS) is 11.8. The van der Waals surface area contributed by atoms with Crippen LogP contribution >= 0.6 is 0 Å². The van der Waals surface area contributed by atoms with Gasteiger partial charge in [-0.15, -0.1) is 0 Å². The van der Waals surface area contributed by atoms with E-state index in [4.69, 9.17) is 0 Å². The summed E-state index contributed by atoms with van der Waals surface area (Å²) in [4.78, 5) is 0.264. The molecule has 0 aliphatic carbocycles. The highest BCUT2D eigenvalue weighted by Gasteiger charge is 2.13. The zero-order chi connectivity index (χ0) is 9.19. The van der Waals surface area contributed by atoms with Crippen LogP contribution in [0, 0.1) is 6.92 Å². The van der Waals surface area contributed by atoms with Gasteiger partial charge in [0, 0.05) is 0 Å². The Hall–Kier alpha value is -0.653. The highest BCUT2D eigenvalue weighted by Crippen LogP contribution is 2.15. The minimum Gasteiger partial charge on any atom is -0.323 e. The SMILES string of the molecule is Cc1ccccc1S(=O)(=O)O[SiH3]. The van der Waals surface area contributed by atoms with Crippen molar-refractivity contribution in [2.75, 3.05) is 0 Å². The lowest BCUT2D eigenvalue weighted by Crippen LogP contribution is -2.05. The largest absolute Gasteiger partial charge is 0.323 e. The maximum absolute atomic E-state index is 11.2. The van der Waals surface area contributed by atoms with Crippen LogP contribution < -0.4 is 0 Å². The molecule has 0 unspecified atom stereocenters. The summed E-state index contributed by atoms with van der Waals surface area (Å²) in [6.07, 6.45) is 0. The molecule has 1 aromatic rings. The Kier molecular flexibility index (Phi) is 2.66. The molecule has 0 heterocycles. The van der Waals surface area contributed by atoms with Gasteiger partial charge in [-0.3, -0.25) is 0 Å². The molecule has 0 aromatic heterocycles. The van der Waals surface area contributed by atoms with Gasteiger partial charge in [-0.25, -0.2) is 0 Å². The molecule has 0 saturated heterocycles. The van der Waals surface area contributed by atoms with Crippen molar-refractivity contribution < 1.29 is 12.3 Å². The second-order valence-electron chi connectivity index (χ2n) is 2.39. The summed E-state index contributed by atoms with van der Waals surface area (Å²) in [5, 5.41) is 0.